The molecule has 1 atom stereocenters. The van der Waals surface area contributed by atoms with Crippen LogP contribution in [0.4, 0.5) is 0 Å². The van der Waals surface area contributed by atoms with E-state index in [1.807, 2.05) is 4.68 Å². The van der Waals surface area contributed by atoms with Gasteiger partial charge in [-0.05, 0) is 30.1 Å². The van der Waals surface area contributed by atoms with E-state index in [0.29, 0.717) is 11.3 Å². The molecule has 0 radical (unpaired) electrons. The maximum absolute atomic E-state index is 4.49. The van der Waals surface area contributed by atoms with Crippen LogP contribution >= 0.6 is 0 Å². The Morgan fingerprint density at radius 2 is 1.74 bits per heavy atom. The molecular formula is C20H39N3. The number of aromatic nitrogens is 3. The van der Waals surface area contributed by atoms with E-state index in [1.165, 1.54) is 19.3 Å². The van der Waals surface area contributed by atoms with Gasteiger partial charge in [-0.15, -0.1) is 5.10 Å². The molecule has 1 unspecified atom stereocenters. The van der Waals surface area contributed by atoms with Crippen LogP contribution in [-0.2, 0) is 12.0 Å². The third-order valence-corrected chi connectivity index (χ3v) is 5.30. The molecule has 0 aliphatic heterocycles. The maximum atomic E-state index is 4.49. The Morgan fingerprint density at radius 1 is 1.09 bits per heavy atom. The average Bonchev–Trinajstić information content (AvgIpc) is 2.90. The smallest absolute Gasteiger partial charge is 0.0883 e. The highest BCUT2D eigenvalue weighted by atomic mass is 15.4. The summed E-state index contributed by atoms with van der Waals surface area (Å²) in [6.45, 7) is 19.6. The van der Waals surface area contributed by atoms with E-state index in [2.05, 4.69) is 71.9 Å². The SMILES string of the molecule is CCCC(CC)C(C)(C)CC(C)(C)c1cn(CCC(C)C)nn1. The van der Waals surface area contributed by atoms with Crippen LogP contribution in [0.25, 0.3) is 0 Å². The summed E-state index contributed by atoms with van der Waals surface area (Å²) in [6.07, 6.45) is 8.33. The molecule has 0 amide bonds. The zero-order chi connectivity index (χ0) is 17.7. The summed E-state index contributed by atoms with van der Waals surface area (Å²) < 4.78 is 2.02. The van der Waals surface area contributed by atoms with Crippen molar-refractivity contribution in [1.82, 2.24) is 15.0 Å². The summed E-state index contributed by atoms with van der Waals surface area (Å²) in [5.74, 6) is 1.48. The van der Waals surface area contributed by atoms with Gasteiger partial charge in [-0.1, -0.05) is 79.9 Å². The monoisotopic (exact) mass is 321 g/mol. The maximum Gasteiger partial charge on any atom is 0.0883 e. The molecule has 3 nitrogen and oxygen atoms in total. The van der Waals surface area contributed by atoms with Gasteiger partial charge in [0.1, 0.15) is 0 Å². The molecule has 0 saturated carbocycles. The third kappa shape index (κ3) is 5.93. The van der Waals surface area contributed by atoms with Crippen molar-refractivity contribution in [2.24, 2.45) is 17.3 Å². The first-order valence-corrected chi connectivity index (χ1v) is 9.53. The largest absolute Gasteiger partial charge is 0.252 e. The Morgan fingerprint density at radius 3 is 2.26 bits per heavy atom. The van der Waals surface area contributed by atoms with Crippen molar-refractivity contribution in [2.75, 3.05) is 0 Å². The van der Waals surface area contributed by atoms with Crippen molar-refractivity contribution in [3.63, 3.8) is 0 Å². The van der Waals surface area contributed by atoms with Gasteiger partial charge in [0, 0.05) is 18.2 Å². The highest BCUT2D eigenvalue weighted by Crippen LogP contribution is 2.43. The predicted octanol–water partition coefficient (Wildman–Crippen LogP) is 5.84. The van der Waals surface area contributed by atoms with Gasteiger partial charge in [0.2, 0.25) is 0 Å². The Kier molecular flexibility index (Phi) is 7.29. The number of nitrogens with zero attached hydrogens (tertiary/aromatic N) is 3. The van der Waals surface area contributed by atoms with Crippen molar-refractivity contribution < 1.29 is 0 Å². The minimum Gasteiger partial charge on any atom is -0.252 e. The second-order valence-corrected chi connectivity index (χ2v) is 8.99. The Hall–Kier alpha value is -0.860. The van der Waals surface area contributed by atoms with E-state index in [4.69, 9.17) is 0 Å². The Labute approximate surface area is 144 Å². The fraction of sp³-hybridized carbons (Fsp3) is 0.900. The number of aryl methyl sites for hydroxylation is 1. The molecule has 0 aliphatic carbocycles. The topological polar surface area (TPSA) is 30.7 Å². The molecule has 0 spiro atoms. The van der Waals surface area contributed by atoms with E-state index in [9.17, 15) is 0 Å². The lowest BCUT2D eigenvalue weighted by molar-refractivity contribution is 0.139. The quantitative estimate of drug-likeness (QED) is 0.541. The zero-order valence-corrected chi connectivity index (χ0v) is 16.8. The first-order chi connectivity index (χ1) is 10.6. The van der Waals surface area contributed by atoms with Crippen molar-refractivity contribution in [3.05, 3.63) is 11.9 Å². The lowest BCUT2D eigenvalue weighted by atomic mass is 9.65. The van der Waals surface area contributed by atoms with Crippen LogP contribution in [0.2, 0.25) is 0 Å². The van der Waals surface area contributed by atoms with Crippen LogP contribution in [0.5, 0.6) is 0 Å². The van der Waals surface area contributed by atoms with Gasteiger partial charge >= 0.3 is 0 Å². The second kappa shape index (κ2) is 8.30. The van der Waals surface area contributed by atoms with E-state index in [-0.39, 0.29) is 5.41 Å². The Balaban J connectivity index is 2.81. The molecule has 0 aliphatic rings. The fourth-order valence-corrected chi connectivity index (χ4v) is 3.98. The van der Waals surface area contributed by atoms with E-state index < -0.39 is 0 Å². The van der Waals surface area contributed by atoms with Crippen LogP contribution < -0.4 is 0 Å². The van der Waals surface area contributed by atoms with E-state index in [1.54, 1.807) is 0 Å². The van der Waals surface area contributed by atoms with Gasteiger partial charge in [-0.25, -0.2) is 0 Å². The molecule has 1 rings (SSSR count). The molecule has 0 fully saturated rings. The summed E-state index contributed by atoms with van der Waals surface area (Å²) in [4.78, 5) is 0. The molecule has 0 bridgehead atoms. The summed E-state index contributed by atoms with van der Waals surface area (Å²) in [6, 6.07) is 0. The summed E-state index contributed by atoms with van der Waals surface area (Å²) in [7, 11) is 0. The minimum atomic E-state index is 0.0702. The molecule has 0 saturated heterocycles. The van der Waals surface area contributed by atoms with Gasteiger partial charge in [0.25, 0.3) is 0 Å². The molecular weight excluding hydrogens is 282 g/mol. The lowest BCUT2D eigenvalue weighted by Gasteiger charge is -2.39. The fourth-order valence-electron chi connectivity index (χ4n) is 3.98. The highest BCUT2D eigenvalue weighted by molar-refractivity contribution is 5.10. The van der Waals surface area contributed by atoms with E-state index in [0.717, 1.165) is 31.0 Å². The zero-order valence-electron chi connectivity index (χ0n) is 16.8. The first-order valence-electron chi connectivity index (χ1n) is 9.53. The third-order valence-electron chi connectivity index (χ3n) is 5.30. The number of hydrogen-bond acceptors (Lipinski definition) is 2. The predicted molar refractivity (Wildman–Crippen MR) is 99.6 cm³/mol. The van der Waals surface area contributed by atoms with Crippen LogP contribution in [0.1, 0.15) is 93.2 Å². The highest BCUT2D eigenvalue weighted by Gasteiger charge is 2.36. The van der Waals surface area contributed by atoms with Crippen molar-refractivity contribution in [2.45, 2.75) is 99.5 Å². The van der Waals surface area contributed by atoms with Gasteiger partial charge in [0.05, 0.1) is 5.69 Å². The molecule has 1 aromatic heterocycles. The number of rotatable bonds is 10. The normalized spacial score (nSPS) is 14.5. The van der Waals surface area contributed by atoms with Crippen molar-refractivity contribution >= 4 is 0 Å². The summed E-state index contributed by atoms with van der Waals surface area (Å²) >= 11 is 0. The summed E-state index contributed by atoms with van der Waals surface area (Å²) in [5, 5.41) is 8.85. The second-order valence-electron chi connectivity index (χ2n) is 8.99. The molecule has 0 aromatic carbocycles. The first kappa shape index (κ1) is 20.2. The van der Waals surface area contributed by atoms with Crippen LogP contribution in [0.3, 0.4) is 0 Å². The van der Waals surface area contributed by atoms with Gasteiger partial charge in [-0.3, -0.25) is 4.68 Å². The molecule has 3 heteroatoms. The Bertz CT molecular complexity index is 457. The van der Waals surface area contributed by atoms with Gasteiger partial charge in [-0.2, -0.15) is 0 Å². The number of hydrogen-bond donors (Lipinski definition) is 0. The van der Waals surface area contributed by atoms with Gasteiger partial charge in [0.15, 0.2) is 0 Å². The summed E-state index contributed by atoms with van der Waals surface area (Å²) in [5.41, 5.74) is 1.54. The van der Waals surface area contributed by atoms with Gasteiger partial charge < -0.3 is 0 Å². The molecule has 23 heavy (non-hydrogen) atoms. The molecule has 134 valence electrons. The van der Waals surface area contributed by atoms with Crippen LogP contribution in [0, 0.1) is 17.3 Å². The van der Waals surface area contributed by atoms with Crippen molar-refractivity contribution in [3.8, 4) is 0 Å². The van der Waals surface area contributed by atoms with E-state index >= 15 is 0 Å². The molecule has 1 heterocycles. The molecule has 1 aromatic rings. The van der Waals surface area contributed by atoms with Crippen molar-refractivity contribution in [1.29, 1.82) is 0 Å². The van der Waals surface area contributed by atoms with Crippen LogP contribution in [0.15, 0.2) is 6.20 Å². The molecule has 0 N–H and O–H groups in total. The van der Waals surface area contributed by atoms with Crippen LogP contribution in [-0.4, -0.2) is 15.0 Å². The standard InChI is InChI=1S/C20H39N3/c1-9-11-17(10-2)19(5,6)15-20(7,8)18-14-23(22-21-18)13-12-16(3)4/h14,16-17H,9-13,15H2,1-8H3. The average molecular weight is 322 g/mol. The lowest BCUT2D eigenvalue weighted by Crippen LogP contribution is -2.32. The minimum absolute atomic E-state index is 0.0702.